The van der Waals surface area contributed by atoms with Gasteiger partial charge in [0.15, 0.2) is 0 Å². The standard InChI is InChI=1S/C33H33ClFN3O4S/c1-2-21-36-33(40)31(22-25-11-5-3-6-12-25)37(23-26-13-9-10-16-30(26)35)32(39)24-38(28-19-17-27(34)18-20-28)43(41,42)29-14-7-4-8-15-29/h3-20,31H,2,21-24H2,1H3,(H,36,40). The lowest BCUT2D eigenvalue weighted by atomic mass is 10.0. The Morgan fingerprint density at radius 2 is 1.47 bits per heavy atom. The van der Waals surface area contributed by atoms with Crippen molar-refractivity contribution in [3.63, 3.8) is 0 Å². The SMILES string of the molecule is CCCNC(=O)C(Cc1ccccc1)N(Cc1ccccc1F)C(=O)CN(c1ccc(Cl)cc1)S(=O)(=O)c1ccccc1. The zero-order chi connectivity index (χ0) is 30.8. The Kier molecular flexibility index (Phi) is 10.9. The third-order valence-electron chi connectivity index (χ3n) is 6.84. The fourth-order valence-corrected chi connectivity index (χ4v) is 6.15. The highest BCUT2D eigenvalue weighted by atomic mass is 35.5. The highest BCUT2D eigenvalue weighted by molar-refractivity contribution is 7.92. The molecule has 0 aliphatic carbocycles. The zero-order valence-corrected chi connectivity index (χ0v) is 25.3. The molecule has 0 bridgehead atoms. The lowest BCUT2D eigenvalue weighted by Crippen LogP contribution is -2.53. The van der Waals surface area contributed by atoms with Crippen molar-refractivity contribution in [1.82, 2.24) is 10.2 Å². The molecule has 0 aromatic heterocycles. The van der Waals surface area contributed by atoms with Crippen LogP contribution >= 0.6 is 11.6 Å². The molecule has 224 valence electrons. The van der Waals surface area contributed by atoms with Crippen LogP contribution in [0.4, 0.5) is 10.1 Å². The molecule has 0 saturated heterocycles. The quantitative estimate of drug-likeness (QED) is 0.203. The number of sulfonamides is 1. The summed E-state index contributed by atoms with van der Waals surface area (Å²) in [6.45, 7) is 1.40. The van der Waals surface area contributed by atoms with Crippen molar-refractivity contribution >= 4 is 39.1 Å². The summed E-state index contributed by atoms with van der Waals surface area (Å²) < 4.78 is 43.7. The Bertz CT molecular complexity index is 1620. The summed E-state index contributed by atoms with van der Waals surface area (Å²) in [5.74, 6) is -1.64. The normalized spacial score (nSPS) is 11.9. The summed E-state index contributed by atoms with van der Waals surface area (Å²) in [5.41, 5.74) is 1.19. The second kappa shape index (κ2) is 14.8. The van der Waals surface area contributed by atoms with Gasteiger partial charge in [-0.2, -0.15) is 0 Å². The molecule has 4 rings (SSSR count). The molecule has 4 aromatic rings. The van der Waals surface area contributed by atoms with Gasteiger partial charge in [0.25, 0.3) is 10.0 Å². The maximum Gasteiger partial charge on any atom is 0.264 e. The van der Waals surface area contributed by atoms with Crippen molar-refractivity contribution in [2.75, 3.05) is 17.4 Å². The van der Waals surface area contributed by atoms with Gasteiger partial charge in [0.1, 0.15) is 18.4 Å². The van der Waals surface area contributed by atoms with Crippen LogP contribution in [0.25, 0.3) is 0 Å². The summed E-state index contributed by atoms with van der Waals surface area (Å²) in [6.07, 6.45) is 0.813. The van der Waals surface area contributed by atoms with Crippen molar-refractivity contribution in [3.8, 4) is 0 Å². The summed E-state index contributed by atoms with van der Waals surface area (Å²) in [4.78, 5) is 29.1. The van der Waals surface area contributed by atoms with E-state index in [1.54, 1.807) is 24.3 Å². The zero-order valence-electron chi connectivity index (χ0n) is 23.7. The Balaban J connectivity index is 1.79. The molecule has 0 fully saturated rings. The van der Waals surface area contributed by atoms with E-state index in [1.165, 1.54) is 59.5 Å². The number of halogens is 2. The number of nitrogens with zero attached hydrogens (tertiary/aromatic N) is 2. The molecule has 0 radical (unpaired) electrons. The van der Waals surface area contributed by atoms with Crippen LogP contribution in [0, 0.1) is 5.82 Å². The largest absolute Gasteiger partial charge is 0.354 e. The molecule has 10 heteroatoms. The van der Waals surface area contributed by atoms with Gasteiger partial charge in [-0.05, 0) is 54.4 Å². The Labute approximate surface area is 257 Å². The van der Waals surface area contributed by atoms with Crippen molar-refractivity contribution in [2.24, 2.45) is 0 Å². The minimum Gasteiger partial charge on any atom is -0.354 e. The lowest BCUT2D eigenvalue weighted by molar-refractivity contribution is -0.140. The van der Waals surface area contributed by atoms with E-state index in [-0.39, 0.29) is 29.1 Å². The van der Waals surface area contributed by atoms with Crippen LogP contribution in [-0.4, -0.2) is 44.3 Å². The predicted molar refractivity (Wildman–Crippen MR) is 167 cm³/mol. The molecule has 43 heavy (non-hydrogen) atoms. The first-order valence-corrected chi connectivity index (χ1v) is 15.7. The fourth-order valence-electron chi connectivity index (χ4n) is 4.59. The van der Waals surface area contributed by atoms with E-state index in [4.69, 9.17) is 11.6 Å². The number of anilines is 1. The van der Waals surface area contributed by atoms with E-state index in [9.17, 15) is 22.4 Å². The van der Waals surface area contributed by atoms with Crippen LogP contribution in [0.3, 0.4) is 0 Å². The molecule has 7 nitrogen and oxygen atoms in total. The molecule has 0 spiro atoms. The number of hydrogen-bond donors (Lipinski definition) is 1. The number of benzene rings is 4. The monoisotopic (exact) mass is 621 g/mol. The summed E-state index contributed by atoms with van der Waals surface area (Å²) in [7, 11) is -4.23. The van der Waals surface area contributed by atoms with Crippen molar-refractivity contribution < 1.29 is 22.4 Å². The number of amides is 2. The van der Waals surface area contributed by atoms with Crippen LogP contribution in [0.2, 0.25) is 5.02 Å². The number of rotatable bonds is 13. The van der Waals surface area contributed by atoms with Crippen LogP contribution in [0.5, 0.6) is 0 Å². The Hall–Kier alpha value is -4.21. The van der Waals surface area contributed by atoms with Gasteiger partial charge in [-0.1, -0.05) is 85.3 Å². The fraction of sp³-hybridized carbons (Fsp3) is 0.212. The van der Waals surface area contributed by atoms with Crippen LogP contribution in [-0.2, 0) is 32.6 Å². The molecule has 0 saturated carbocycles. The second-order valence-corrected chi connectivity index (χ2v) is 12.2. The molecular formula is C33H33ClFN3O4S. The number of nitrogens with one attached hydrogen (secondary N) is 1. The average molecular weight is 622 g/mol. The van der Waals surface area contributed by atoms with Gasteiger partial charge < -0.3 is 10.2 Å². The van der Waals surface area contributed by atoms with E-state index in [1.807, 2.05) is 37.3 Å². The average Bonchev–Trinajstić information content (AvgIpc) is 3.02. The van der Waals surface area contributed by atoms with Gasteiger partial charge in [0.05, 0.1) is 10.6 Å². The summed E-state index contributed by atoms with van der Waals surface area (Å²) >= 11 is 6.08. The molecule has 4 aromatic carbocycles. The highest BCUT2D eigenvalue weighted by Crippen LogP contribution is 2.26. The van der Waals surface area contributed by atoms with E-state index in [2.05, 4.69) is 5.32 Å². The first kappa shape index (κ1) is 31.7. The van der Waals surface area contributed by atoms with Gasteiger partial charge in [-0.25, -0.2) is 12.8 Å². The molecule has 1 unspecified atom stereocenters. The van der Waals surface area contributed by atoms with E-state index < -0.39 is 40.2 Å². The van der Waals surface area contributed by atoms with E-state index in [0.29, 0.717) is 18.0 Å². The molecule has 1 atom stereocenters. The molecular weight excluding hydrogens is 589 g/mol. The smallest absolute Gasteiger partial charge is 0.264 e. The number of carbonyl (C=O) groups is 2. The van der Waals surface area contributed by atoms with Gasteiger partial charge in [0, 0.05) is 30.1 Å². The third-order valence-corrected chi connectivity index (χ3v) is 8.88. The molecule has 2 amide bonds. The van der Waals surface area contributed by atoms with Crippen LogP contribution < -0.4 is 9.62 Å². The van der Waals surface area contributed by atoms with Gasteiger partial charge >= 0.3 is 0 Å². The predicted octanol–water partition coefficient (Wildman–Crippen LogP) is 5.84. The van der Waals surface area contributed by atoms with Gasteiger partial charge in [-0.3, -0.25) is 13.9 Å². The van der Waals surface area contributed by atoms with Crippen molar-refractivity contribution in [1.29, 1.82) is 0 Å². The maximum atomic E-state index is 14.9. The maximum absolute atomic E-state index is 14.9. The minimum atomic E-state index is -4.23. The third kappa shape index (κ3) is 8.21. The van der Waals surface area contributed by atoms with Crippen molar-refractivity contribution in [3.05, 3.63) is 131 Å². The Morgan fingerprint density at radius 3 is 2.09 bits per heavy atom. The Morgan fingerprint density at radius 1 is 0.860 bits per heavy atom. The summed E-state index contributed by atoms with van der Waals surface area (Å²) in [6, 6.07) is 28.0. The highest BCUT2D eigenvalue weighted by Gasteiger charge is 2.34. The minimum absolute atomic E-state index is 0.0140. The molecule has 0 aliphatic heterocycles. The molecule has 0 aliphatic rings. The molecule has 0 heterocycles. The number of hydrogen-bond acceptors (Lipinski definition) is 4. The lowest BCUT2D eigenvalue weighted by Gasteiger charge is -2.34. The first-order chi connectivity index (χ1) is 20.7. The summed E-state index contributed by atoms with van der Waals surface area (Å²) in [5, 5.41) is 3.26. The van der Waals surface area contributed by atoms with Gasteiger partial charge in [0.2, 0.25) is 11.8 Å². The van der Waals surface area contributed by atoms with Crippen molar-refractivity contribution in [2.45, 2.75) is 37.2 Å². The van der Waals surface area contributed by atoms with E-state index >= 15 is 0 Å². The first-order valence-electron chi connectivity index (χ1n) is 13.9. The van der Waals surface area contributed by atoms with Gasteiger partial charge in [-0.15, -0.1) is 0 Å². The van der Waals surface area contributed by atoms with Crippen LogP contribution in [0.1, 0.15) is 24.5 Å². The molecule has 1 N–H and O–H groups in total. The second-order valence-electron chi connectivity index (χ2n) is 9.91. The van der Waals surface area contributed by atoms with Crippen LogP contribution in [0.15, 0.2) is 114 Å². The number of carbonyl (C=O) groups excluding carboxylic acids is 2. The topological polar surface area (TPSA) is 86.8 Å². The van der Waals surface area contributed by atoms with E-state index in [0.717, 1.165) is 9.87 Å².